The van der Waals surface area contributed by atoms with Crippen LogP contribution in [0.15, 0.2) is 24.3 Å². The van der Waals surface area contributed by atoms with E-state index in [-0.39, 0.29) is 6.61 Å². The number of ether oxygens (including phenoxy) is 1. The fourth-order valence-electron chi connectivity index (χ4n) is 1.84. The fraction of sp³-hybridized carbons (Fsp3) is 0.125. The number of benzene rings is 1. The van der Waals surface area contributed by atoms with Crippen LogP contribution in [0.3, 0.4) is 0 Å². The van der Waals surface area contributed by atoms with Gasteiger partial charge >= 0.3 is 5.97 Å². The first-order valence-corrected chi connectivity index (χ1v) is 7.69. The zero-order valence-electron chi connectivity index (χ0n) is 11.8. The van der Waals surface area contributed by atoms with E-state index in [1.54, 1.807) is 31.2 Å². The van der Waals surface area contributed by atoms with Gasteiger partial charge in [-0.3, -0.25) is 0 Å². The van der Waals surface area contributed by atoms with Gasteiger partial charge in [-0.05, 0) is 24.6 Å². The minimum atomic E-state index is -0.476. The number of hydrogen-bond donors (Lipinski definition) is 1. The lowest BCUT2D eigenvalue weighted by Crippen LogP contribution is -2.03. The summed E-state index contributed by atoms with van der Waals surface area (Å²) in [5, 5.41) is 10.2. The minimum Gasteiger partial charge on any atom is -0.462 e. The largest absolute Gasteiger partial charge is 0.462 e. The van der Waals surface area contributed by atoms with Crippen molar-refractivity contribution in [3.63, 3.8) is 0 Å². The SMILES string of the molecule is CCOC(=O)c1sc(N)c(C#N)c1C=Cc1ccc(Cl)cc1. The summed E-state index contributed by atoms with van der Waals surface area (Å²) in [6, 6.07) is 9.24. The Morgan fingerprint density at radius 3 is 2.68 bits per heavy atom. The summed E-state index contributed by atoms with van der Waals surface area (Å²) < 4.78 is 5.00. The van der Waals surface area contributed by atoms with Gasteiger partial charge in [0.15, 0.2) is 0 Å². The van der Waals surface area contributed by atoms with Gasteiger partial charge < -0.3 is 10.5 Å². The van der Waals surface area contributed by atoms with Crippen LogP contribution in [-0.4, -0.2) is 12.6 Å². The normalized spacial score (nSPS) is 10.6. The molecule has 2 aromatic rings. The van der Waals surface area contributed by atoms with E-state index in [1.807, 2.05) is 18.2 Å². The Hall–Kier alpha value is -2.29. The van der Waals surface area contributed by atoms with Crippen LogP contribution in [-0.2, 0) is 4.74 Å². The number of rotatable bonds is 4. The van der Waals surface area contributed by atoms with Crippen LogP contribution in [0.4, 0.5) is 5.00 Å². The number of nitriles is 1. The van der Waals surface area contributed by atoms with Gasteiger partial charge in [-0.15, -0.1) is 11.3 Å². The molecule has 0 unspecified atom stereocenters. The van der Waals surface area contributed by atoms with Gasteiger partial charge in [0.05, 0.1) is 12.2 Å². The number of hydrogen-bond acceptors (Lipinski definition) is 5. The predicted octanol–water partition coefficient (Wildman–Crippen LogP) is 4.20. The lowest BCUT2D eigenvalue weighted by Gasteiger charge is -2.00. The third-order valence-electron chi connectivity index (χ3n) is 2.86. The molecular formula is C16H13ClN2O2S. The van der Waals surface area contributed by atoms with Gasteiger partial charge in [-0.1, -0.05) is 35.9 Å². The van der Waals surface area contributed by atoms with Gasteiger partial charge in [0, 0.05) is 10.6 Å². The van der Waals surface area contributed by atoms with Gasteiger partial charge in [-0.25, -0.2) is 4.79 Å². The maximum atomic E-state index is 12.0. The lowest BCUT2D eigenvalue weighted by atomic mass is 10.1. The number of esters is 1. The highest BCUT2D eigenvalue weighted by molar-refractivity contribution is 7.18. The van der Waals surface area contributed by atoms with Gasteiger partial charge in [-0.2, -0.15) is 5.26 Å². The second-order valence-electron chi connectivity index (χ2n) is 4.30. The Balaban J connectivity index is 2.42. The molecule has 22 heavy (non-hydrogen) atoms. The zero-order chi connectivity index (χ0) is 16.1. The van der Waals surface area contributed by atoms with E-state index in [4.69, 9.17) is 22.1 Å². The third-order valence-corrected chi connectivity index (χ3v) is 4.12. The monoisotopic (exact) mass is 332 g/mol. The summed E-state index contributed by atoms with van der Waals surface area (Å²) in [6.07, 6.45) is 3.49. The van der Waals surface area contributed by atoms with Crippen molar-refractivity contribution in [1.82, 2.24) is 0 Å². The van der Waals surface area contributed by atoms with E-state index in [2.05, 4.69) is 0 Å². The highest BCUT2D eigenvalue weighted by atomic mass is 35.5. The van der Waals surface area contributed by atoms with Crippen LogP contribution >= 0.6 is 22.9 Å². The molecule has 0 spiro atoms. The van der Waals surface area contributed by atoms with E-state index >= 15 is 0 Å². The smallest absolute Gasteiger partial charge is 0.349 e. The van der Waals surface area contributed by atoms with Crippen molar-refractivity contribution >= 4 is 46.1 Å². The van der Waals surface area contributed by atoms with Crippen molar-refractivity contribution in [2.45, 2.75) is 6.92 Å². The third kappa shape index (κ3) is 3.48. The number of halogens is 1. The van der Waals surface area contributed by atoms with E-state index < -0.39 is 5.97 Å². The van der Waals surface area contributed by atoms with Crippen molar-refractivity contribution in [3.8, 4) is 6.07 Å². The number of anilines is 1. The van der Waals surface area contributed by atoms with Crippen LogP contribution in [0.1, 0.15) is 33.3 Å². The number of nitrogens with zero attached hydrogens (tertiary/aromatic N) is 1. The average Bonchev–Trinajstić information content (AvgIpc) is 2.83. The molecule has 1 heterocycles. The Labute approximate surface area is 137 Å². The Kier molecular flexibility index (Phi) is 5.21. The molecule has 0 saturated carbocycles. The first kappa shape index (κ1) is 16.1. The number of nitrogens with two attached hydrogens (primary N) is 1. The van der Waals surface area contributed by atoms with Gasteiger partial charge in [0.2, 0.25) is 0 Å². The van der Waals surface area contributed by atoms with Crippen molar-refractivity contribution < 1.29 is 9.53 Å². The molecule has 0 saturated heterocycles. The Morgan fingerprint density at radius 1 is 1.41 bits per heavy atom. The summed E-state index contributed by atoms with van der Waals surface area (Å²) in [4.78, 5) is 12.3. The molecule has 0 aliphatic carbocycles. The predicted molar refractivity (Wildman–Crippen MR) is 89.8 cm³/mol. The van der Waals surface area contributed by atoms with Crippen LogP contribution in [0.5, 0.6) is 0 Å². The Bertz CT molecular complexity index is 758. The lowest BCUT2D eigenvalue weighted by molar-refractivity contribution is 0.0532. The second-order valence-corrected chi connectivity index (χ2v) is 5.79. The summed E-state index contributed by atoms with van der Waals surface area (Å²) in [5.74, 6) is -0.476. The van der Waals surface area contributed by atoms with Gasteiger partial charge in [0.25, 0.3) is 0 Å². The number of carbonyl (C=O) groups excluding carboxylic acids is 1. The minimum absolute atomic E-state index is 0.263. The summed E-state index contributed by atoms with van der Waals surface area (Å²) in [5.41, 5.74) is 7.48. The molecule has 2 rings (SSSR count). The molecule has 1 aromatic carbocycles. The van der Waals surface area contributed by atoms with E-state index in [0.717, 1.165) is 16.9 Å². The molecule has 0 atom stereocenters. The van der Waals surface area contributed by atoms with Crippen LogP contribution < -0.4 is 5.73 Å². The van der Waals surface area contributed by atoms with E-state index in [0.29, 0.717) is 26.0 Å². The summed E-state index contributed by atoms with van der Waals surface area (Å²) in [6.45, 7) is 1.99. The number of nitrogen functional groups attached to an aromatic ring is 1. The molecule has 0 aliphatic rings. The maximum Gasteiger partial charge on any atom is 0.349 e. The maximum absolute atomic E-state index is 12.0. The zero-order valence-corrected chi connectivity index (χ0v) is 13.4. The van der Waals surface area contributed by atoms with E-state index in [1.165, 1.54) is 0 Å². The highest BCUT2D eigenvalue weighted by Crippen LogP contribution is 2.32. The fourth-order valence-corrected chi connectivity index (χ4v) is 2.86. The number of carbonyl (C=O) groups is 1. The van der Waals surface area contributed by atoms with Crippen molar-refractivity contribution in [2.75, 3.05) is 12.3 Å². The quantitative estimate of drug-likeness (QED) is 0.851. The molecule has 0 amide bonds. The van der Waals surface area contributed by atoms with E-state index in [9.17, 15) is 10.1 Å². The first-order chi connectivity index (χ1) is 10.6. The average molecular weight is 333 g/mol. The molecule has 112 valence electrons. The standard InChI is InChI=1S/C16H13ClN2O2S/c1-2-21-16(20)14-12(13(9-18)15(19)22-14)8-5-10-3-6-11(17)7-4-10/h3-8H,2,19H2,1H3. The van der Waals surface area contributed by atoms with Crippen LogP contribution in [0, 0.1) is 11.3 Å². The van der Waals surface area contributed by atoms with Crippen molar-refractivity contribution in [1.29, 1.82) is 5.26 Å². The Morgan fingerprint density at radius 2 is 2.09 bits per heavy atom. The molecule has 1 aromatic heterocycles. The molecule has 0 aliphatic heterocycles. The highest BCUT2D eigenvalue weighted by Gasteiger charge is 2.20. The summed E-state index contributed by atoms with van der Waals surface area (Å²) >= 11 is 6.90. The van der Waals surface area contributed by atoms with Crippen LogP contribution in [0.2, 0.25) is 5.02 Å². The molecule has 6 heteroatoms. The topological polar surface area (TPSA) is 76.1 Å². The van der Waals surface area contributed by atoms with Crippen molar-refractivity contribution in [3.05, 3.63) is 50.9 Å². The molecule has 0 radical (unpaired) electrons. The molecule has 0 fully saturated rings. The first-order valence-electron chi connectivity index (χ1n) is 6.50. The molecule has 0 bridgehead atoms. The van der Waals surface area contributed by atoms with Gasteiger partial charge in [0.1, 0.15) is 15.9 Å². The van der Waals surface area contributed by atoms with Crippen LogP contribution in [0.25, 0.3) is 12.2 Å². The number of thiophene rings is 1. The molecule has 2 N–H and O–H groups in total. The molecule has 4 nitrogen and oxygen atoms in total. The second kappa shape index (κ2) is 7.12. The molecular weight excluding hydrogens is 320 g/mol. The van der Waals surface area contributed by atoms with Crippen molar-refractivity contribution in [2.24, 2.45) is 0 Å². The summed E-state index contributed by atoms with van der Waals surface area (Å²) in [7, 11) is 0.